The molecule has 0 amide bonds. The van der Waals surface area contributed by atoms with Gasteiger partial charge >= 0.3 is 0 Å². The molecule has 1 aromatic heterocycles. The van der Waals surface area contributed by atoms with E-state index in [9.17, 15) is 0 Å². The van der Waals surface area contributed by atoms with Crippen LogP contribution >= 0.6 is 0 Å². The summed E-state index contributed by atoms with van der Waals surface area (Å²) in [7, 11) is 0. The molecule has 0 aromatic carbocycles. The Balaban J connectivity index is 0.00000144. The molecule has 2 rings (SSSR count). The first-order valence-corrected chi connectivity index (χ1v) is 6.10. The second-order valence-corrected chi connectivity index (χ2v) is 4.40. The molecule has 0 spiro atoms. The molecule has 1 aliphatic heterocycles. The zero-order valence-corrected chi connectivity index (χ0v) is 11.9. The Bertz CT molecular complexity index is 305. The number of nitrogens with one attached hydrogen (secondary N) is 2. The fraction of sp³-hybridized carbons (Fsp3) is 0.583. The molecule has 0 bridgehead atoms. The van der Waals surface area contributed by atoms with E-state index in [0.29, 0.717) is 6.61 Å². The number of pyridine rings is 1. The molecule has 0 saturated carbocycles. The molecule has 2 heterocycles. The molecule has 1 saturated heterocycles. The van der Waals surface area contributed by atoms with Crippen molar-refractivity contribution in [1.29, 1.82) is 0 Å². The number of aliphatic hydroxyl groups is 1. The predicted octanol–water partition coefficient (Wildman–Crippen LogP) is -8.11. The monoisotopic (exact) mass is 293 g/mol. The van der Waals surface area contributed by atoms with Crippen molar-refractivity contribution in [2.75, 3.05) is 39.3 Å². The average molecular weight is 294 g/mol. The standard InChI is InChI=1S/C12H19N3O.2ClH/c16-11-3-6-14-7-9-15(10-8-14)12-4-1-2-5-13-12;;/h1-2,4-5,16H,3,6-11H2;2*1H. The van der Waals surface area contributed by atoms with E-state index in [1.54, 1.807) is 4.90 Å². The van der Waals surface area contributed by atoms with E-state index in [-0.39, 0.29) is 24.8 Å². The number of hydrogen-bond donors (Lipinski definition) is 3. The molecule has 1 aromatic rings. The molecule has 18 heavy (non-hydrogen) atoms. The highest BCUT2D eigenvalue weighted by atomic mass is 35.5. The van der Waals surface area contributed by atoms with Gasteiger partial charge in [-0.15, -0.1) is 0 Å². The minimum Gasteiger partial charge on any atom is -1.00 e. The number of rotatable bonds is 4. The van der Waals surface area contributed by atoms with Crippen molar-refractivity contribution in [2.45, 2.75) is 6.42 Å². The van der Waals surface area contributed by atoms with Crippen LogP contribution in [-0.2, 0) is 0 Å². The first-order valence-electron chi connectivity index (χ1n) is 6.10. The summed E-state index contributed by atoms with van der Waals surface area (Å²) in [5.41, 5.74) is 0. The maximum Gasteiger partial charge on any atom is 0.226 e. The fourth-order valence-corrected chi connectivity index (χ4v) is 2.31. The summed E-state index contributed by atoms with van der Waals surface area (Å²) in [6, 6.07) is 6.13. The number of hydrogen-bond acceptors (Lipinski definition) is 2. The Labute approximate surface area is 121 Å². The van der Waals surface area contributed by atoms with Gasteiger partial charge in [0, 0.05) is 25.3 Å². The van der Waals surface area contributed by atoms with Crippen LogP contribution in [0.15, 0.2) is 24.4 Å². The lowest BCUT2D eigenvalue weighted by Gasteiger charge is -2.28. The van der Waals surface area contributed by atoms with Crippen LogP contribution in [0.1, 0.15) is 6.42 Å². The molecule has 104 valence electrons. The van der Waals surface area contributed by atoms with Crippen LogP contribution in [0.5, 0.6) is 0 Å². The van der Waals surface area contributed by atoms with Crippen molar-refractivity contribution in [3.63, 3.8) is 0 Å². The quantitative estimate of drug-likeness (QED) is 0.516. The molecule has 3 N–H and O–H groups in total. The van der Waals surface area contributed by atoms with Crippen molar-refractivity contribution >= 4 is 5.82 Å². The van der Waals surface area contributed by atoms with Gasteiger partial charge in [0.05, 0.1) is 6.54 Å². The second-order valence-electron chi connectivity index (χ2n) is 4.40. The van der Waals surface area contributed by atoms with Crippen LogP contribution in [-0.4, -0.2) is 49.4 Å². The number of quaternary nitrogens is 2. The van der Waals surface area contributed by atoms with E-state index in [2.05, 4.69) is 17.1 Å². The highest BCUT2D eigenvalue weighted by molar-refractivity contribution is 5.16. The third-order valence-corrected chi connectivity index (χ3v) is 3.28. The van der Waals surface area contributed by atoms with Gasteiger partial charge in [-0.3, -0.25) is 4.90 Å². The predicted molar refractivity (Wildman–Crippen MR) is 61.9 cm³/mol. The van der Waals surface area contributed by atoms with Crippen molar-refractivity contribution in [2.24, 2.45) is 0 Å². The zero-order valence-electron chi connectivity index (χ0n) is 10.4. The van der Waals surface area contributed by atoms with Gasteiger partial charge in [0.15, 0.2) is 0 Å². The molecule has 0 radical (unpaired) electrons. The van der Waals surface area contributed by atoms with E-state index in [1.807, 2.05) is 12.3 Å². The molecule has 0 unspecified atom stereocenters. The zero-order chi connectivity index (χ0) is 11.2. The van der Waals surface area contributed by atoms with Crippen LogP contribution in [0.25, 0.3) is 0 Å². The summed E-state index contributed by atoms with van der Waals surface area (Å²) >= 11 is 0. The Morgan fingerprint density at radius 3 is 2.39 bits per heavy atom. The summed E-state index contributed by atoms with van der Waals surface area (Å²) in [5.74, 6) is 1.17. The normalized spacial score (nSPS) is 22.7. The van der Waals surface area contributed by atoms with Gasteiger partial charge in [0.25, 0.3) is 0 Å². The summed E-state index contributed by atoms with van der Waals surface area (Å²) in [5, 5.41) is 8.80. The van der Waals surface area contributed by atoms with Crippen LogP contribution < -0.4 is 34.6 Å². The lowest BCUT2D eigenvalue weighted by Crippen LogP contribution is -3.26. The average Bonchev–Trinajstić information content (AvgIpc) is 2.38. The Hall–Kier alpha value is -0.390. The highest BCUT2D eigenvalue weighted by Gasteiger charge is 2.24. The molecule has 6 heteroatoms. The smallest absolute Gasteiger partial charge is 0.226 e. The van der Waals surface area contributed by atoms with Gasteiger partial charge < -0.3 is 34.8 Å². The Morgan fingerprint density at radius 2 is 1.83 bits per heavy atom. The van der Waals surface area contributed by atoms with Crippen molar-refractivity contribution in [3.05, 3.63) is 24.4 Å². The van der Waals surface area contributed by atoms with Crippen LogP contribution in [0.4, 0.5) is 5.82 Å². The van der Waals surface area contributed by atoms with Crippen molar-refractivity contribution in [3.8, 4) is 0 Å². The van der Waals surface area contributed by atoms with Crippen molar-refractivity contribution < 1.29 is 39.7 Å². The summed E-state index contributed by atoms with van der Waals surface area (Å²) in [4.78, 5) is 7.52. The minimum absolute atomic E-state index is 0. The number of aromatic nitrogens is 1. The van der Waals surface area contributed by atoms with E-state index in [1.165, 1.54) is 23.8 Å². The number of aliphatic hydroxyl groups excluding tert-OH is 1. The lowest BCUT2D eigenvalue weighted by molar-refractivity contribution is -0.987. The van der Waals surface area contributed by atoms with Crippen LogP contribution in [0.2, 0.25) is 0 Å². The van der Waals surface area contributed by atoms with Gasteiger partial charge in [0.2, 0.25) is 5.82 Å². The maximum absolute atomic E-state index is 8.80. The number of halogens is 2. The molecule has 1 aliphatic rings. The molecule has 1 fully saturated rings. The summed E-state index contributed by atoms with van der Waals surface area (Å²) in [6.45, 7) is 6.10. The third kappa shape index (κ3) is 5.08. The largest absolute Gasteiger partial charge is 1.00 e. The van der Waals surface area contributed by atoms with Crippen LogP contribution in [0, 0.1) is 0 Å². The third-order valence-electron chi connectivity index (χ3n) is 3.28. The Morgan fingerprint density at radius 1 is 1.11 bits per heavy atom. The first kappa shape index (κ1) is 17.6. The van der Waals surface area contributed by atoms with Crippen molar-refractivity contribution in [1.82, 2.24) is 4.98 Å². The van der Waals surface area contributed by atoms with Gasteiger partial charge in [0.1, 0.15) is 26.2 Å². The maximum atomic E-state index is 8.80. The van der Waals surface area contributed by atoms with Gasteiger partial charge in [-0.2, -0.15) is 0 Å². The van der Waals surface area contributed by atoms with Crippen LogP contribution in [0.3, 0.4) is 0 Å². The number of nitrogens with zero attached hydrogens (tertiary/aromatic N) is 1. The van der Waals surface area contributed by atoms with E-state index >= 15 is 0 Å². The van der Waals surface area contributed by atoms with E-state index < -0.39 is 0 Å². The van der Waals surface area contributed by atoms with E-state index in [4.69, 9.17) is 5.11 Å². The number of piperazine rings is 1. The first-order chi connectivity index (χ1) is 7.90. The molecular formula is C12H21Cl2N3O. The van der Waals surface area contributed by atoms with Gasteiger partial charge in [-0.25, -0.2) is 4.98 Å². The lowest BCUT2D eigenvalue weighted by atomic mass is 10.3. The summed E-state index contributed by atoms with van der Waals surface area (Å²) < 4.78 is 0. The SMILES string of the molecule is OCCC[NH+]1CC[NH+](c2ccccn2)CC1.[Cl-].[Cl-]. The van der Waals surface area contributed by atoms with E-state index in [0.717, 1.165) is 26.1 Å². The minimum atomic E-state index is 0. The topological polar surface area (TPSA) is 42.0 Å². The second kappa shape index (κ2) is 9.53. The highest BCUT2D eigenvalue weighted by Crippen LogP contribution is 1.92. The molecule has 0 atom stereocenters. The molecule has 4 nitrogen and oxygen atoms in total. The summed E-state index contributed by atoms with van der Waals surface area (Å²) in [6.07, 6.45) is 2.79. The van der Waals surface area contributed by atoms with Gasteiger partial charge in [-0.1, -0.05) is 6.07 Å². The fourth-order valence-electron chi connectivity index (χ4n) is 2.31. The molecular weight excluding hydrogens is 273 g/mol. The molecule has 0 aliphatic carbocycles. The Kier molecular flexibility index (Phi) is 9.32. The van der Waals surface area contributed by atoms with Gasteiger partial charge in [-0.05, 0) is 6.07 Å².